The van der Waals surface area contributed by atoms with Crippen LogP contribution in [-0.2, 0) is 10.0 Å². The summed E-state index contributed by atoms with van der Waals surface area (Å²) >= 11 is 1.53. The zero-order chi connectivity index (χ0) is 17.3. The fraction of sp³-hybridized carbons (Fsp3) is 0.312. The third kappa shape index (κ3) is 3.11. The summed E-state index contributed by atoms with van der Waals surface area (Å²) in [4.78, 5) is 0.972. The van der Waals surface area contributed by atoms with Crippen LogP contribution in [0.3, 0.4) is 0 Å². The summed E-state index contributed by atoms with van der Waals surface area (Å²) in [5, 5.41) is 6.30. The zero-order valence-electron chi connectivity index (χ0n) is 13.6. The first-order valence-electron chi connectivity index (χ1n) is 7.26. The first-order chi connectivity index (χ1) is 11.4. The number of methoxy groups -OCH3 is 2. The molecule has 0 unspecified atom stereocenters. The number of rotatable bonds is 5. The van der Waals surface area contributed by atoms with E-state index in [1.807, 2.05) is 29.6 Å². The SMILES string of the molecule is COc1ccc(C2=NN(S(C)(=O)=O)[C@H](c3cccs3)C2)cc1OC. The molecule has 0 bridgehead atoms. The Labute approximate surface area is 145 Å². The lowest BCUT2D eigenvalue weighted by atomic mass is 10.0. The van der Waals surface area contributed by atoms with E-state index in [0.717, 1.165) is 10.4 Å². The summed E-state index contributed by atoms with van der Waals surface area (Å²) in [6.07, 6.45) is 1.69. The first kappa shape index (κ1) is 16.8. The number of sulfonamides is 1. The van der Waals surface area contributed by atoms with Crippen molar-refractivity contribution >= 4 is 27.1 Å². The van der Waals surface area contributed by atoms with Gasteiger partial charge in [0.15, 0.2) is 11.5 Å². The highest BCUT2D eigenvalue weighted by molar-refractivity contribution is 7.88. The largest absolute Gasteiger partial charge is 0.493 e. The minimum Gasteiger partial charge on any atom is -0.493 e. The Balaban J connectivity index is 2.00. The molecule has 1 aliphatic heterocycles. The van der Waals surface area contributed by atoms with Crippen molar-refractivity contribution in [1.29, 1.82) is 0 Å². The molecule has 1 aromatic carbocycles. The standard InChI is InChI=1S/C16H18N2O4S2/c1-21-14-7-6-11(9-15(14)22-2)12-10-13(16-5-4-8-23-16)18(17-12)24(3,19)20/h4-9,13H,10H2,1-3H3/t13-/m0/s1. The van der Waals surface area contributed by atoms with Crippen LogP contribution in [0.15, 0.2) is 40.8 Å². The van der Waals surface area contributed by atoms with Crippen molar-refractivity contribution in [1.82, 2.24) is 4.41 Å². The Morgan fingerprint density at radius 2 is 1.96 bits per heavy atom. The Morgan fingerprint density at radius 1 is 1.21 bits per heavy atom. The summed E-state index contributed by atoms with van der Waals surface area (Å²) in [5.41, 5.74) is 1.53. The molecular formula is C16H18N2O4S2. The zero-order valence-corrected chi connectivity index (χ0v) is 15.2. The van der Waals surface area contributed by atoms with Crippen molar-refractivity contribution in [2.24, 2.45) is 5.10 Å². The first-order valence-corrected chi connectivity index (χ1v) is 9.99. The summed E-state index contributed by atoms with van der Waals surface area (Å²) in [6.45, 7) is 0. The minimum atomic E-state index is -3.45. The third-order valence-electron chi connectivity index (χ3n) is 3.80. The van der Waals surface area contributed by atoms with E-state index in [1.165, 1.54) is 22.0 Å². The number of hydrogen-bond donors (Lipinski definition) is 0. The molecule has 24 heavy (non-hydrogen) atoms. The lowest BCUT2D eigenvalue weighted by Crippen LogP contribution is -2.25. The molecule has 8 heteroatoms. The second-order valence-electron chi connectivity index (χ2n) is 5.39. The Kier molecular flexibility index (Phi) is 4.51. The molecule has 0 saturated heterocycles. The van der Waals surface area contributed by atoms with Gasteiger partial charge in [-0.25, -0.2) is 8.42 Å². The van der Waals surface area contributed by atoms with Gasteiger partial charge < -0.3 is 9.47 Å². The van der Waals surface area contributed by atoms with Crippen LogP contribution in [0, 0.1) is 0 Å². The molecule has 0 fully saturated rings. The molecule has 3 rings (SSSR count). The highest BCUT2D eigenvalue weighted by Crippen LogP contribution is 2.38. The van der Waals surface area contributed by atoms with Gasteiger partial charge in [0.1, 0.15) is 6.04 Å². The van der Waals surface area contributed by atoms with Crippen LogP contribution in [0.2, 0.25) is 0 Å². The van der Waals surface area contributed by atoms with Crippen molar-refractivity contribution in [3.8, 4) is 11.5 Å². The van der Waals surface area contributed by atoms with Gasteiger partial charge in [-0.05, 0) is 29.6 Å². The lowest BCUT2D eigenvalue weighted by molar-refractivity contribution is 0.355. The topological polar surface area (TPSA) is 68.2 Å². The average Bonchev–Trinajstić information content (AvgIpc) is 3.22. The predicted molar refractivity (Wildman–Crippen MR) is 94.4 cm³/mol. The summed E-state index contributed by atoms with van der Waals surface area (Å²) < 4.78 is 36.0. The summed E-state index contributed by atoms with van der Waals surface area (Å²) in [5.74, 6) is 1.21. The molecule has 0 radical (unpaired) electrons. The maximum atomic E-state index is 12.1. The van der Waals surface area contributed by atoms with Crippen LogP contribution in [0.5, 0.6) is 11.5 Å². The second-order valence-corrected chi connectivity index (χ2v) is 8.21. The van der Waals surface area contributed by atoms with Crippen LogP contribution in [-0.4, -0.2) is 39.0 Å². The Morgan fingerprint density at radius 3 is 2.54 bits per heavy atom. The number of nitrogens with zero attached hydrogens (tertiary/aromatic N) is 2. The van der Waals surface area contributed by atoms with Crippen LogP contribution in [0.1, 0.15) is 22.9 Å². The van der Waals surface area contributed by atoms with E-state index in [9.17, 15) is 8.42 Å². The van der Waals surface area contributed by atoms with Crippen LogP contribution in [0.4, 0.5) is 0 Å². The van der Waals surface area contributed by atoms with Crippen LogP contribution in [0.25, 0.3) is 0 Å². The molecule has 0 N–H and O–H groups in total. The highest BCUT2D eigenvalue weighted by Gasteiger charge is 2.35. The molecule has 0 spiro atoms. The van der Waals surface area contributed by atoms with Gasteiger partial charge in [0.05, 0.1) is 26.2 Å². The molecule has 2 heterocycles. The van der Waals surface area contributed by atoms with E-state index in [0.29, 0.717) is 23.6 Å². The molecule has 1 aromatic heterocycles. The molecule has 0 aliphatic carbocycles. The van der Waals surface area contributed by atoms with Crippen molar-refractivity contribution in [3.05, 3.63) is 46.2 Å². The van der Waals surface area contributed by atoms with Gasteiger partial charge in [0.2, 0.25) is 10.0 Å². The second kappa shape index (κ2) is 6.45. The molecule has 128 valence electrons. The molecule has 1 aliphatic rings. The number of thiophene rings is 1. The van der Waals surface area contributed by atoms with Gasteiger partial charge in [-0.3, -0.25) is 0 Å². The van der Waals surface area contributed by atoms with Crippen LogP contribution >= 0.6 is 11.3 Å². The summed E-state index contributed by atoms with van der Waals surface area (Å²) in [7, 11) is -0.314. The third-order valence-corrected chi connectivity index (χ3v) is 5.79. The van der Waals surface area contributed by atoms with Crippen molar-refractivity contribution in [2.75, 3.05) is 20.5 Å². The van der Waals surface area contributed by atoms with E-state index >= 15 is 0 Å². The molecule has 0 amide bonds. The van der Waals surface area contributed by atoms with E-state index in [-0.39, 0.29) is 6.04 Å². The predicted octanol–water partition coefficient (Wildman–Crippen LogP) is 2.88. The van der Waals surface area contributed by atoms with Gasteiger partial charge in [0, 0.05) is 16.9 Å². The van der Waals surface area contributed by atoms with Gasteiger partial charge in [-0.2, -0.15) is 9.52 Å². The summed E-state index contributed by atoms with van der Waals surface area (Å²) in [6, 6.07) is 9.00. The number of hydrazone groups is 1. The van der Waals surface area contributed by atoms with Crippen molar-refractivity contribution < 1.29 is 17.9 Å². The molecule has 0 saturated carbocycles. The van der Waals surface area contributed by atoms with Gasteiger partial charge in [0.25, 0.3) is 0 Å². The van der Waals surface area contributed by atoms with Gasteiger partial charge >= 0.3 is 0 Å². The maximum Gasteiger partial charge on any atom is 0.247 e. The normalized spacial score (nSPS) is 17.7. The maximum absolute atomic E-state index is 12.1. The number of ether oxygens (including phenoxy) is 2. The quantitative estimate of drug-likeness (QED) is 0.816. The molecule has 1 atom stereocenters. The van der Waals surface area contributed by atoms with E-state index < -0.39 is 10.0 Å². The van der Waals surface area contributed by atoms with E-state index in [1.54, 1.807) is 20.3 Å². The highest BCUT2D eigenvalue weighted by atomic mass is 32.2. The Hall–Kier alpha value is -2.06. The fourth-order valence-corrected chi connectivity index (χ4v) is 4.45. The van der Waals surface area contributed by atoms with Gasteiger partial charge in [-0.15, -0.1) is 11.3 Å². The molecular weight excluding hydrogens is 348 g/mol. The van der Waals surface area contributed by atoms with Crippen LogP contribution < -0.4 is 9.47 Å². The van der Waals surface area contributed by atoms with E-state index in [4.69, 9.17) is 9.47 Å². The number of benzene rings is 1. The molecule has 6 nitrogen and oxygen atoms in total. The smallest absolute Gasteiger partial charge is 0.247 e. The average molecular weight is 366 g/mol. The minimum absolute atomic E-state index is 0.303. The van der Waals surface area contributed by atoms with Crippen molar-refractivity contribution in [2.45, 2.75) is 12.5 Å². The lowest BCUT2D eigenvalue weighted by Gasteiger charge is -2.19. The monoisotopic (exact) mass is 366 g/mol. The fourth-order valence-electron chi connectivity index (χ4n) is 2.68. The number of hydrogen-bond acceptors (Lipinski definition) is 6. The van der Waals surface area contributed by atoms with E-state index in [2.05, 4.69) is 5.10 Å². The van der Waals surface area contributed by atoms with Gasteiger partial charge in [-0.1, -0.05) is 6.07 Å². The Bertz CT molecular complexity index is 860. The molecule has 2 aromatic rings. The van der Waals surface area contributed by atoms with Crippen molar-refractivity contribution in [3.63, 3.8) is 0 Å².